The second-order valence-electron chi connectivity index (χ2n) is 8.07. The van der Waals surface area contributed by atoms with Crippen LogP contribution in [-0.2, 0) is 14.0 Å². The summed E-state index contributed by atoms with van der Waals surface area (Å²) in [6.45, 7) is 6.60. The molecule has 2 heterocycles. The minimum atomic E-state index is -4.61. The maximum absolute atomic E-state index is 12.9. The number of carbonyl (C=O) groups is 1. The van der Waals surface area contributed by atoms with Crippen LogP contribution < -0.4 is 5.46 Å². The number of amides is 1. The SMILES string of the molecule is CC1(C)OB(c2ccc([C@@H]3CO[C@@H](C(F)(F)F)CN3C(=O)O)cc2)OC1(C)C. The second kappa shape index (κ2) is 6.93. The standard InChI is InChI=1S/C18H23BF3NO5/c1-16(2)17(3,4)28-19(27-16)12-7-5-11(6-8-12)13-10-26-14(18(20,21)22)9-23(13)15(24)25/h5-8,13-14H,9-10H2,1-4H3,(H,24,25)/t13-,14+/m0/s1. The molecule has 0 bridgehead atoms. The van der Waals surface area contributed by atoms with Gasteiger partial charge in [-0.25, -0.2) is 4.79 Å². The summed E-state index contributed by atoms with van der Waals surface area (Å²) in [5.74, 6) is 0. The summed E-state index contributed by atoms with van der Waals surface area (Å²) in [7, 11) is -0.577. The number of alkyl halides is 3. The minimum absolute atomic E-state index is 0.369. The molecule has 1 amide bonds. The number of ether oxygens (including phenoxy) is 1. The van der Waals surface area contributed by atoms with Crippen LogP contribution in [0.4, 0.5) is 18.0 Å². The molecule has 1 N–H and O–H groups in total. The first kappa shape index (κ1) is 20.9. The Morgan fingerprint density at radius 1 is 1.14 bits per heavy atom. The largest absolute Gasteiger partial charge is 0.494 e. The lowest BCUT2D eigenvalue weighted by Gasteiger charge is -2.38. The van der Waals surface area contributed by atoms with E-state index in [1.165, 1.54) is 0 Å². The van der Waals surface area contributed by atoms with Gasteiger partial charge in [0.1, 0.15) is 0 Å². The summed E-state index contributed by atoms with van der Waals surface area (Å²) in [4.78, 5) is 12.3. The molecule has 3 rings (SSSR count). The molecule has 2 aliphatic rings. The predicted molar refractivity (Wildman–Crippen MR) is 95.4 cm³/mol. The smallest absolute Gasteiger partial charge is 0.465 e. The zero-order valence-electron chi connectivity index (χ0n) is 16.1. The highest BCUT2D eigenvalue weighted by molar-refractivity contribution is 6.62. The molecule has 1 aromatic rings. The van der Waals surface area contributed by atoms with Crippen LogP contribution in [0.25, 0.3) is 0 Å². The van der Waals surface area contributed by atoms with Crippen molar-refractivity contribution in [1.82, 2.24) is 4.90 Å². The van der Waals surface area contributed by atoms with Crippen molar-refractivity contribution in [2.75, 3.05) is 13.2 Å². The number of rotatable bonds is 2. The molecular weight excluding hydrogens is 378 g/mol. The Morgan fingerprint density at radius 2 is 1.68 bits per heavy atom. The number of morpholine rings is 1. The van der Waals surface area contributed by atoms with E-state index in [9.17, 15) is 23.1 Å². The molecule has 0 aliphatic carbocycles. The molecule has 2 atom stereocenters. The van der Waals surface area contributed by atoms with Gasteiger partial charge in [-0.3, -0.25) is 4.90 Å². The molecule has 0 saturated carbocycles. The molecule has 0 aromatic heterocycles. The Hall–Kier alpha value is -1.78. The van der Waals surface area contributed by atoms with Gasteiger partial charge in [0.2, 0.25) is 0 Å². The molecular formula is C18H23BF3NO5. The van der Waals surface area contributed by atoms with E-state index >= 15 is 0 Å². The summed E-state index contributed by atoms with van der Waals surface area (Å²) >= 11 is 0. The Kier molecular flexibility index (Phi) is 5.18. The highest BCUT2D eigenvalue weighted by atomic mass is 19.4. The first-order valence-corrected chi connectivity index (χ1v) is 8.95. The van der Waals surface area contributed by atoms with Crippen molar-refractivity contribution in [3.8, 4) is 0 Å². The number of benzene rings is 1. The summed E-state index contributed by atoms with van der Waals surface area (Å²) < 4.78 is 55.5. The van der Waals surface area contributed by atoms with Gasteiger partial charge in [0.15, 0.2) is 6.10 Å². The van der Waals surface area contributed by atoms with Gasteiger partial charge in [-0.1, -0.05) is 24.3 Å². The monoisotopic (exact) mass is 401 g/mol. The second-order valence-corrected chi connectivity index (χ2v) is 8.07. The number of halogens is 3. The highest BCUT2D eigenvalue weighted by Gasteiger charge is 2.52. The molecule has 0 radical (unpaired) electrons. The fraction of sp³-hybridized carbons (Fsp3) is 0.611. The van der Waals surface area contributed by atoms with E-state index in [-0.39, 0.29) is 6.61 Å². The van der Waals surface area contributed by atoms with Crippen LogP contribution in [0.2, 0.25) is 0 Å². The van der Waals surface area contributed by atoms with E-state index < -0.39 is 49.3 Å². The lowest BCUT2D eigenvalue weighted by atomic mass is 9.78. The van der Waals surface area contributed by atoms with Crippen molar-refractivity contribution in [3.05, 3.63) is 29.8 Å². The zero-order valence-corrected chi connectivity index (χ0v) is 16.1. The number of hydrogen-bond donors (Lipinski definition) is 1. The van der Waals surface area contributed by atoms with Crippen molar-refractivity contribution in [2.24, 2.45) is 0 Å². The van der Waals surface area contributed by atoms with Crippen LogP contribution in [0.3, 0.4) is 0 Å². The lowest BCUT2D eigenvalue weighted by molar-refractivity contribution is -0.241. The van der Waals surface area contributed by atoms with Gasteiger partial charge in [0.25, 0.3) is 0 Å². The van der Waals surface area contributed by atoms with Crippen LogP contribution in [0.1, 0.15) is 39.3 Å². The third kappa shape index (κ3) is 3.85. The fourth-order valence-electron chi connectivity index (χ4n) is 3.20. The minimum Gasteiger partial charge on any atom is -0.465 e. The topological polar surface area (TPSA) is 68.2 Å². The fourth-order valence-corrected chi connectivity index (χ4v) is 3.20. The van der Waals surface area contributed by atoms with Gasteiger partial charge in [-0.15, -0.1) is 0 Å². The summed E-state index contributed by atoms with van der Waals surface area (Å²) in [5, 5.41) is 9.36. The van der Waals surface area contributed by atoms with Crippen LogP contribution >= 0.6 is 0 Å². The first-order chi connectivity index (χ1) is 12.8. The van der Waals surface area contributed by atoms with Crippen LogP contribution in [-0.4, -0.2) is 59.9 Å². The molecule has 10 heteroatoms. The van der Waals surface area contributed by atoms with Crippen molar-refractivity contribution >= 4 is 18.7 Å². The van der Waals surface area contributed by atoms with E-state index in [1.54, 1.807) is 24.3 Å². The first-order valence-electron chi connectivity index (χ1n) is 8.95. The number of carboxylic acid groups (broad SMARTS) is 1. The van der Waals surface area contributed by atoms with E-state index in [4.69, 9.17) is 14.0 Å². The summed E-state index contributed by atoms with van der Waals surface area (Å²) in [6, 6.07) is 5.97. The quantitative estimate of drug-likeness (QED) is 0.772. The lowest BCUT2D eigenvalue weighted by Crippen LogP contribution is -2.52. The van der Waals surface area contributed by atoms with Crippen molar-refractivity contribution in [2.45, 2.75) is 57.2 Å². The predicted octanol–water partition coefficient (Wildman–Crippen LogP) is 2.97. The molecule has 6 nitrogen and oxygen atoms in total. The summed E-state index contributed by atoms with van der Waals surface area (Å²) in [6.07, 6.45) is -8.15. The number of hydrogen-bond acceptors (Lipinski definition) is 4. The molecule has 154 valence electrons. The molecule has 0 spiro atoms. The third-order valence-corrected chi connectivity index (χ3v) is 5.65. The van der Waals surface area contributed by atoms with Crippen LogP contribution in [0.5, 0.6) is 0 Å². The Balaban J connectivity index is 1.77. The van der Waals surface area contributed by atoms with Gasteiger partial charge < -0.3 is 19.2 Å². The molecule has 1 aromatic carbocycles. The number of nitrogens with zero attached hydrogens (tertiary/aromatic N) is 1. The van der Waals surface area contributed by atoms with E-state index in [0.29, 0.717) is 5.56 Å². The molecule has 2 aliphatic heterocycles. The van der Waals surface area contributed by atoms with Crippen LogP contribution in [0.15, 0.2) is 24.3 Å². The van der Waals surface area contributed by atoms with Gasteiger partial charge >= 0.3 is 19.4 Å². The van der Waals surface area contributed by atoms with Gasteiger partial charge in [0, 0.05) is 0 Å². The van der Waals surface area contributed by atoms with Gasteiger partial charge in [-0.2, -0.15) is 13.2 Å². The van der Waals surface area contributed by atoms with Crippen molar-refractivity contribution in [1.29, 1.82) is 0 Å². The Labute approximate surface area is 161 Å². The molecule has 2 fully saturated rings. The molecule has 2 saturated heterocycles. The van der Waals surface area contributed by atoms with Crippen LogP contribution in [0, 0.1) is 0 Å². The van der Waals surface area contributed by atoms with Gasteiger partial charge in [0.05, 0.1) is 30.4 Å². The van der Waals surface area contributed by atoms with Crippen molar-refractivity contribution < 1.29 is 37.1 Å². The average molecular weight is 401 g/mol. The summed E-state index contributed by atoms with van der Waals surface area (Å²) in [5.41, 5.74) is 0.290. The third-order valence-electron chi connectivity index (χ3n) is 5.65. The average Bonchev–Trinajstić information content (AvgIpc) is 2.81. The van der Waals surface area contributed by atoms with E-state index in [1.807, 2.05) is 27.7 Å². The zero-order chi connectivity index (χ0) is 20.9. The van der Waals surface area contributed by atoms with Gasteiger partial charge in [-0.05, 0) is 38.7 Å². The molecule has 28 heavy (non-hydrogen) atoms. The Morgan fingerprint density at radius 3 is 2.14 bits per heavy atom. The van der Waals surface area contributed by atoms with Crippen molar-refractivity contribution in [3.63, 3.8) is 0 Å². The van der Waals surface area contributed by atoms with E-state index in [0.717, 1.165) is 10.4 Å². The maximum Gasteiger partial charge on any atom is 0.494 e. The highest BCUT2D eigenvalue weighted by Crippen LogP contribution is 2.37. The van der Waals surface area contributed by atoms with E-state index in [2.05, 4.69) is 0 Å². The normalized spacial score (nSPS) is 27.1. The Bertz CT molecular complexity index is 722. The molecule has 0 unspecified atom stereocenters. The maximum atomic E-state index is 12.9.